The molecular weight excluding hydrogens is 228 g/mol. The molecule has 0 saturated carbocycles. The Morgan fingerprint density at radius 1 is 1.38 bits per heavy atom. The second-order valence-corrected chi connectivity index (χ2v) is 4.00. The quantitative estimate of drug-likeness (QED) is 0.760. The first-order valence-corrected chi connectivity index (χ1v) is 5.82. The van der Waals surface area contributed by atoms with Gasteiger partial charge in [0.05, 0.1) is 20.3 Å². The van der Waals surface area contributed by atoms with E-state index < -0.39 is 5.79 Å². The Bertz CT molecular complexity index is 348. The summed E-state index contributed by atoms with van der Waals surface area (Å²) in [5.41, 5.74) is 0.963. The highest BCUT2D eigenvalue weighted by Gasteiger charge is 2.38. The van der Waals surface area contributed by atoms with Crippen molar-refractivity contribution >= 4 is 11.6 Å². The monoisotopic (exact) mass is 242 g/mol. The summed E-state index contributed by atoms with van der Waals surface area (Å²) >= 11 is 5.80. The molecule has 0 bridgehead atoms. The van der Waals surface area contributed by atoms with Crippen molar-refractivity contribution in [3.63, 3.8) is 0 Å². The Kier molecular flexibility index (Phi) is 3.69. The van der Waals surface area contributed by atoms with Crippen LogP contribution in [-0.4, -0.2) is 26.2 Å². The summed E-state index contributed by atoms with van der Waals surface area (Å²) in [6, 6.07) is 7.72. The number of alkyl halides is 1. The van der Waals surface area contributed by atoms with Crippen molar-refractivity contribution in [3.8, 4) is 5.75 Å². The van der Waals surface area contributed by atoms with E-state index in [9.17, 15) is 0 Å². The Hall–Kier alpha value is -0.770. The first-order chi connectivity index (χ1) is 7.80. The SMILES string of the molecule is COc1cccc(C2(CCCl)OCCO2)c1. The van der Waals surface area contributed by atoms with E-state index in [1.165, 1.54) is 0 Å². The molecule has 1 fully saturated rings. The van der Waals surface area contributed by atoms with E-state index in [2.05, 4.69) is 0 Å². The lowest BCUT2D eigenvalue weighted by Gasteiger charge is -2.27. The number of halogens is 1. The van der Waals surface area contributed by atoms with Crippen LogP contribution in [0.15, 0.2) is 24.3 Å². The van der Waals surface area contributed by atoms with Crippen molar-refractivity contribution in [2.75, 3.05) is 26.2 Å². The fourth-order valence-corrected chi connectivity index (χ4v) is 2.14. The topological polar surface area (TPSA) is 27.7 Å². The second kappa shape index (κ2) is 5.04. The van der Waals surface area contributed by atoms with Gasteiger partial charge in [-0.3, -0.25) is 0 Å². The van der Waals surface area contributed by atoms with Crippen LogP contribution in [0.5, 0.6) is 5.75 Å². The minimum Gasteiger partial charge on any atom is -0.497 e. The average Bonchev–Trinajstić information content (AvgIpc) is 2.80. The molecule has 1 aromatic rings. The van der Waals surface area contributed by atoms with E-state index in [4.69, 9.17) is 25.8 Å². The van der Waals surface area contributed by atoms with E-state index in [0.717, 1.165) is 11.3 Å². The van der Waals surface area contributed by atoms with Gasteiger partial charge in [0.2, 0.25) is 0 Å². The number of ether oxygens (including phenoxy) is 3. The zero-order valence-corrected chi connectivity index (χ0v) is 10.00. The third-order valence-electron chi connectivity index (χ3n) is 2.69. The van der Waals surface area contributed by atoms with Gasteiger partial charge in [-0.1, -0.05) is 12.1 Å². The van der Waals surface area contributed by atoms with Gasteiger partial charge in [-0.05, 0) is 12.1 Å². The molecule has 16 heavy (non-hydrogen) atoms. The molecule has 1 aromatic carbocycles. The summed E-state index contributed by atoms with van der Waals surface area (Å²) < 4.78 is 16.6. The molecule has 88 valence electrons. The predicted octanol–water partition coefficient (Wildman–Crippen LogP) is 2.52. The van der Waals surface area contributed by atoms with Gasteiger partial charge in [0.15, 0.2) is 5.79 Å². The maximum Gasteiger partial charge on any atom is 0.196 e. The molecule has 1 aliphatic rings. The molecule has 0 spiro atoms. The summed E-state index contributed by atoms with van der Waals surface area (Å²) in [6.45, 7) is 1.21. The van der Waals surface area contributed by atoms with E-state index in [1.54, 1.807) is 7.11 Å². The van der Waals surface area contributed by atoms with Gasteiger partial charge < -0.3 is 14.2 Å². The van der Waals surface area contributed by atoms with Gasteiger partial charge in [-0.15, -0.1) is 11.6 Å². The van der Waals surface area contributed by atoms with Crippen LogP contribution >= 0.6 is 11.6 Å². The number of methoxy groups -OCH3 is 1. The molecule has 4 heteroatoms. The first kappa shape index (κ1) is 11.7. The third-order valence-corrected chi connectivity index (χ3v) is 2.88. The molecule has 0 amide bonds. The minimum atomic E-state index is -0.684. The van der Waals surface area contributed by atoms with E-state index in [-0.39, 0.29) is 0 Å². The zero-order chi connectivity index (χ0) is 11.4. The van der Waals surface area contributed by atoms with Crippen molar-refractivity contribution in [2.45, 2.75) is 12.2 Å². The van der Waals surface area contributed by atoms with Crippen LogP contribution in [0.25, 0.3) is 0 Å². The summed E-state index contributed by atoms with van der Waals surface area (Å²) in [7, 11) is 1.64. The average molecular weight is 243 g/mol. The van der Waals surface area contributed by atoms with Crippen molar-refractivity contribution in [3.05, 3.63) is 29.8 Å². The van der Waals surface area contributed by atoms with E-state index >= 15 is 0 Å². The van der Waals surface area contributed by atoms with E-state index in [1.807, 2.05) is 24.3 Å². The third kappa shape index (κ3) is 2.17. The Labute approximate surface area is 100 Å². The Morgan fingerprint density at radius 3 is 2.75 bits per heavy atom. The smallest absolute Gasteiger partial charge is 0.196 e. The van der Waals surface area contributed by atoms with Crippen molar-refractivity contribution in [1.82, 2.24) is 0 Å². The molecule has 0 radical (unpaired) electrons. The van der Waals surface area contributed by atoms with Crippen LogP contribution < -0.4 is 4.74 Å². The van der Waals surface area contributed by atoms with Crippen LogP contribution in [-0.2, 0) is 15.3 Å². The molecule has 2 rings (SSSR count). The molecule has 1 saturated heterocycles. The van der Waals surface area contributed by atoms with Crippen molar-refractivity contribution < 1.29 is 14.2 Å². The summed E-state index contributed by atoms with van der Waals surface area (Å²) in [6.07, 6.45) is 0.641. The minimum absolute atomic E-state index is 0.497. The molecule has 0 aromatic heterocycles. The second-order valence-electron chi connectivity index (χ2n) is 3.62. The zero-order valence-electron chi connectivity index (χ0n) is 9.24. The summed E-state index contributed by atoms with van der Waals surface area (Å²) in [5, 5.41) is 0. The highest BCUT2D eigenvalue weighted by Crippen LogP contribution is 2.36. The lowest BCUT2D eigenvalue weighted by molar-refractivity contribution is -0.167. The van der Waals surface area contributed by atoms with Gasteiger partial charge in [0, 0.05) is 17.9 Å². The Balaban J connectivity index is 2.30. The van der Waals surface area contributed by atoms with Crippen LogP contribution in [0.1, 0.15) is 12.0 Å². The fraction of sp³-hybridized carbons (Fsp3) is 0.500. The van der Waals surface area contributed by atoms with Crippen molar-refractivity contribution in [1.29, 1.82) is 0 Å². The number of rotatable bonds is 4. The lowest BCUT2D eigenvalue weighted by Crippen LogP contribution is -2.27. The van der Waals surface area contributed by atoms with Crippen LogP contribution in [0.4, 0.5) is 0 Å². The standard InChI is InChI=1S/C12H15ClO3/c1-14-11-4-2-3-10(9-11)12(5-6-13)15-7-8-16-12/h2-4,9H,5-8H2,1H3. The molecule has 0 aliphatic carbocycles. The summed E-state index contributed by atoms with van der Waals surface area (Å²) in [4.78, 5) is 0. The van der Waals surface area contributed by atoms with Gasteiger partial charge in [-0.25, -0.2) is 0 Å². The van der Waals surface area contributed by atoms with E-state index in [0.29, 0.717) is 25.5 Å². The van der Waals surface area contributed by atoms with Gasteiger partial charge >= 0.3 is 0 Å². The maximum absolute atomic E-state index is 5.80. The highest BCUT2D eigenvalue weighted by atomic mass is 35.5. The largest absolute Gasteiger partial charge is 0.497 e. The van der Waals surface area contributed by atoms with Gasteiger partial charge in [-0.2, -0.15) is 0 Å². The number of benzene rings is 1. The van der Waals surface area contributed by atoms with Crippen LogP contribution in [0.3, 0.4) is 0 Å². The molecule has 0 N–H and O–H groups in total. The number of hydrogen-bond donors (Lipinski definition) is 0. The molecular formula is C12H15ClO3. The van der Waals surface area contributed by atoms with Crippen LogP contribution in [0, 0.1) is 0 Å². The maximum atomic E-state index is 5.80. The molecule has 1 aliphatic heterocycles. The lowest BCUT2D eigenvalue weighted by atomic mass is 10.0. The molecule has 3 nitrogen and oxygen atoms in total. The van der Waals surface area contributed by atoms with Crippen molar-refractivity contribution in [2.24, 2.45) is 0 Å². The molecule has 0 unspecified atom stereocenters. The van der Waals surface area contributed by atoms with Crippen LogP contribution in [0.2, 0.25) is 0 Å². The summed E-state index contributed by atoms with van der Waals surface area (Å²) in [5.74, 6) is 0.610. The van der Waals surface area contributed by atoms with Gasteiger partial charge in [0.1, 0.15) is 5.75 Å². The fourth-order valence-electron chi connectivity index (χ4n) is 1.89. The number of hydrogen-bond acceptors (Lipinski definition) is 3. The highest BCUT2D eigenvalue weighted by molar-refractivity contribution is 6.17. The molecule has 1 heterocycles. The molecule has 0 atom stereocenters. The Morgan fingerprint density at radius 2 is 2.12 bits per heavy atom. The normalized spacial score (nSPS) is 18.6. The van der Waals surface area contributed by atoms with Gasteiger partial charge in [0.25, 0.3) is 0 Å². The predicted molar refractivity (Wildman–Crippen MR) is 61.9 cm³/mol. The first-order valence-electron chi connectivity index (χ1n) is 5.29.